The van der Waals surface area contributed by atoms with Gasteiger partial charge in [0, 0.05) is 0 Å². The Morgan fingerprint density at radius 2 is 1.68 bits per heavy atom. The van der Waals surface area contributed by atoms with Crippen LogP contribution in [0.5, 0.6) is 5.75 Å². The second kappa shape index (κ2) is 8.17. The van der Waals surface area contributed by atoms with Crippen LogP contribution >= 0.6 is 12.4 Å². The van der Waals surface area contributed by atoms with Crippen LogP contribution < -0.4 is 15.8 Å². The SMILES string of the molecule is Cl.N=C(N)NC(=O)c1c(OCc2ccccc2)ccc2ccccc12. The van der Waals surface area contributed by atoms with Crippen LogP contribution in [0, 0.1) is 5.41 Å². The molecule has 3 aromatic carbocycles. The topological polar surface area (TPSA) is 88.2 Å². The van der Waals surface area contributed by atoms with Crippen molar-refractivity contribution in [3.63, 3.8) is 0 Å². The van der Waals surface area contributed by atoms with E-state index in [2.05, 4.69) is 5.32 Å². The lowest BCUT2D eigenvalue weighted by molar-refractivity contribution is 0.0974. The lowest BCUT2D eigenvalue weighted by Crippen LogP contribution is -2.36. The standard InChI is InChI=1S/C19H17N3O2.ClH/c20-19(21)22-18(23)17-15-9-5-4-8-14(15)10-11-16(17)24-12-13-6-2-1-3-7-13;/h1-11H,12H2,(H4,20,21,22,23);1H. The normalized spacial score (nSPS) is 9.92. The second-order valence-electron chi connectivity index (χ2n) is 5.30. The molecule has 5 nitrogen and oxygen atoms in total. The molecule has 0 aliphatic heterocycles. The number of benzene rings is 3. The molecule has 0 heterocycles. The summed E-state index contributed by atoms with van der Waals surface area (Å²) in [5.41, 5.74) is 6.68. The van der Waals surface area contributed by atoms with Gasteiger partial charge in [0.25, 0.3) is 5.91 Å². The van der Waals surface area contributed by atoms with E-state index in [1.54, 1.807) is 6.07 Å². The van der Waals surface area contributed by atoms with Crippen molar-refractivity contribution in [1.29, 1.82) is 5.41 Å². The third kappa shape index (κ3) is 4.28. The first-order valence-electron chi connectivity index (χ1n) is 7.49. The fourth-order valence-electron chi connectivity index (χ4n) is 2.53. The fourth-order valence-corrected chi connectivity index (χ4v) is 2.53. The Morgan fingerprint density at radius 1 is 1.00 bits per heavy atom. The molecule has 0 aliphatic rings. The quantitative estimate of drug-likeness (QED) is 0.494. The number of fused-ring (bicyclic) bond motifs is 1. The largest absolute Gasteiger partial charge is 0.488 e. The molecule has 128 valence electrons. The number of ether oxygens (including phenoxy) is 1. The minimum Gasteiger partial charge on any atom is -0.488 e. The van der Waals surface area contributed by atoms with Crippen molar-refractivity contribution >= 4 is 35.0 Å². The zero-order valence-electron chi connectivity index (χ0n) is 13.4. The molecule has 1 amide bonds. The predicted octanol–water partition coefficient (Wildman–Crippen LogP) is 3.46. The van der Waals surface area contributed by atoms with Gasteiger partial charge in [-0.25, -0.2) is 0 Å². The van der Waals surface area contributed by atoms with E-state index < -0.39 is 11.9 Å². The fraction of sp³-hybridized carbons (Fsp3) is 0.0526. The summed E-state index contributed by atoms with van der Waals surface area (Å²) in [5.74, 6) is -0.402. The molecule has 3 aromatic rings. The van der Waals surface area contributed by atoms with Gasteiger partial charge in [0.15, 0.2) is 5.96 Å². The van der Waals surface area contributed by atoms with Crippen LogP contribution in [-0.2, 0) is 6.61 Å². The smallest absolute Gasteiger partial charge is 0.262 e. The molecule has 0 unspecified atom stereocenters. The third-order valence-corrected chi connectivity index (χ3v) is 3.60. The van der Waals surface area contributed by atoms with Crippen molar-refractivity contribution in [1.82, 2.24) is 5.32 Å². The minimum atomic E-state index is -0.456. The zero-order valence-corrected chi connectivity index (χ0v) is 14.2. The van der Waals surface area contributed by atoms with Crippen LogP contribution in [0.3, 0.4) is 0 Å². The molecule has 0 fully saturated rings. The highest BCUT2D eigenvalue weighted by atomic mass is 35.5. The lowest BCUT2D eigenvalue weighted by Gasteiger charge is -2.14. The Labute approximate surface area is 151 Å². The summed E-state index contributed by atoms with van der Waals surface area (Å²) in [6.07, 6.45) is 0. The Hall–Kier alpha value is -3.05. The van der Waals surface area contributed by atoms with Crippen LogP contribution in [0.15, 0.2) is 66.7 Å². The molecule has 25 heavy (non-hydrogen) atoms. The molecule has 0 saturated heterocycles. The van der Waals surface area contributed by atoms with E-state index >= 15 is 0 Å². The number of halogens is 1. The number of amides is 1. The first kappa shape index (κ1) is 18.3. The van der Waals surface area contributed by atoms with Gasteiger partial charge in [-0.2, -0.15) is 0 Å². The van der Waals surface area contributed by atoms with Gasteiger partial charge >= 0.3 is 0 Å². The highest BCUT2D eigenvalue weighted by molar-refractivity contribution is 6.14. The lowest BCUT2D eigenvalue weighted by atomic mass is 10.0. The summed E-state index contributed by atoms with van der Waals surface area (Å²) >= 11 is 0. The zero-order chi connectivity index (χ0) is 16.9. The minimum absolute atomic E-state index is 0. The van der Waals surface area contributed by atoms with Gasteiger partial charge in [-0.3, -0.25) is 15.5 Å². The summed E-state index contributed by atoms with van der Waals surface area (Å²) in [7, 11) is 0. The number of carbonyl (C=O) groups excluding carboxylic acids is 1. The van der Waals surface area contributed by atoms with Crippen LogP contribution in [0.1, 0.15) is 15.9 Å². The predicted molar refractivity (Wildman–Crippen MR) is 101 cm³/mol. The Morgan fingerprint density at radius 3 is 2.40 bits per heavy atom. The summed E-state index contributed by atoms with van der Waals surface area (Å²) in [4.78, 5) is 12.5. The number of nitrogens with two attached hydrogens (primary N) is 1. The first-order chi connectivity index (χ1) is 11.6. The molecule has 0 spiro atoms. The maximum absolute atomic E-state index is 12.5. The van der Waals surface area contributed by atoms with Gasteiger partial charge in [0.05, 0.1) is 5.56 Å². The molecule has 0 radical (unpaired) electrons. The van der Waals surface area contributed by atoms with E-state index in [0.717, 1.165) is 16.3 Å². The molecular weight excluding hydrogens is 338 g/mol. The van der Waals surface area contributed by atoms with Gasteiger partial charge in [-0.05, 0) is 22.4 Å². The average Bonchev–Trinajstić information content (AvgIpc) is 2.59. The number of nitrogens with one attached hydrogen (secondary N) is 2. The van der Waals surface area contributed by atoms with E-state index in [1.165, 1.54) is 0 Å². The van der Waals surface area contributed by atoms with Crippen LogP contribution in [0.25, 0.3) is 10.8 Å². The number of carbonyl (C=O) groups is 1. The summed E-state index contributed by atoms with van der Waals surface area (Å²) < 4.78 is 5.86. The van der Waals surface area contributed by atoms with E-state index in [-0.39, 0.29) is 12.4 Å². The van der Waals surface area contributed by atoms with E-state index in [1.807, 2.05) is 60.7 Å². The van der Waals surface area contributed by atoms with E-state index in [4.69, 9.17) is 15.9 Å². The third-order valence-electron chi connectivity index (χ3n) is 3.60. The molecular formula is C19H18ClN3O2. The highest BCUT2D eigenvalue weighted by Gasteiger charge is 2.17. The van der Waals surface area contributed by atoms with Crippen LogP contribution in [0.4, 0.5) is 0 Å². The van der Waals surface area contributed by atoms with E-state index in [9.17, 15) is 4.79 Å². The Bertz CT molecular complexity index is 898. The van der Waals surface area contributed by atoms with E-state index in [0.29, 0.717) is 17.9 Å². The van der Waals surface area contributed by atoms with Crippen molar-refractivity contribution in [3.05, 3.63) is 77.9 Å². The summed E-state index contributed by atoms with van der Waals surface area (Å²) in [6.45, 7) is 0.347. The molecule has 6 heteroatoms. The van der Waals surface area contributed by atoms with Crippen molar-refractivity contribution in [3.8, 4) is 5.75 Å². The summed E-state index contributed by atoms with van der Waals surface area (Å²) in [5, 5.41) is 11.3. The van der Waals surface area contributed by atoms with Crippen LogP contribution in [-0.4, -0.2) is 11.9 Å². The van der Waals surface area contributed by atoms with Gasteiger partial charge in [0.1, 0.15) is 12.4 Å². The molecule has 0 aromatic heterocycles. The molecule has 0 saturated carbocycles. The monoisotopic (exact) mass is 355 g/mol. The highest BCUT2D eigenvalue weighted by Crippen LogP contribution is 2.28. The second-order valence-corrected chi connectivity index (χ2v) is 5.30. The molecule has 0 bridgehead atoms. The van der Waals surface area contributed by atoms with Crippen molar-refractivity contribution in [2.24, 2.45) is 5.73 Å². The maximum Gasteiger partial charge on any atom is 0.262 e. The summed E-state index contributed by atoms with van der Waals surface area (Å²) in [6, 6.07) is 20.9. The first-order valence-corrected chi connectivity index (χ1v) is 7.49. The molecule has 3 rings (SSSR count). The average molecular weight is 356 g/mol. The van der Waals surface area contributed by atoms with Gasteiger partial charge in [-0.15, -0.1) is 12.4 Å². The number of rotatable bonds is 4. The molecule has 0 atom stereocenters. The molecule has 4 N–H and O–H groups in total. The number of guanidine groups is 1. The Kier molecular flexibility index (Phi) is 5.98. The van der Waals surface area contributed by atoms with Gasteiger partial charge < -0.3 is 10.5 Å². The maximum atomic E-state index is 12.5. The molecule has 0 aliphatic carbocycles. The van der Waals surface area contributed by atoms with Gasteiger partial charge in [0.2, 0.25) is 0 Å². The van der Waals surface area contributed by atoms with Crippen molar-refractivity contribution in [2.45, 2.75) is 6.61 Å². The Balaban J connectivity index is 0.00000225. The van der Waals surface area contributed by atoms with Crippen molar-refractivity contribution in [2.75, 3.05) is 0 Å². The van der Waals surface area contributed by atoms with Crippen LogP contribution in [0.2, 0.25) is 0 Å². The number of hydrogen-bond donors (Lipinski definition) is 3. The van der Waals surface area contributed by atoms with Crippen molar-refractivity contribution < 1.29 is 9.53 Å². The van der Waals surface area contributed by atoms with Gasteiger partial charge in [-0.1, -0.05) is 60.7 Å². The number of hydrogen-bond acceptors (Lipinski definition) is 3.